The molecule has 1 aromatic rings. The fourth-order valence-corrected chi connectivity index (χ4v) is 0.709. The fraction of sp³-hybridized carbons (Fsp3) is 0.333. The van der Waals surface area contributed by atoms with Gasteiger partial charge in [-0.15, -0.1) is 12.4 Å². The Morgan fingerprint density at radius 3 is 2.56 bits per heavy atom. The highest BCUT2D eigenvalue weighted by Gasteiger charge is 1.88. The zero-order chi connectivity index (χ0) is 5.98. The lowest BCUT2D eigenvalue weighted by Crippen LogP contribution is -2.01. The number of nitrogens with zero attached hydrogens (tertiary/aromatic N) is 1. The van der Waals surface area contributed by atoms with E-state index in [1.807, 2.05) is 29.9 Å². The van der Waals surface area contributed by atoms with Crippen molar-refractivity contribution in [2.24, 2.45) is 12.8 Å². The Bertz CT molecular complexity index is 171. The number of halogens is 1. The zero-order valence-electron chi connectivity index (χ0n) is 5.37. The Hall–Kier alpha value is -0.470. The lowest BCUT2D eigenvalue weighted by molar-refractivity contribution is 0.824. The topological polar surface area (TPSA) is 30.9 Å². The van der Waals surface area contributed by atoms with Crippen LogP contribution in [0.2, 0.25) is 0 Å². The Labute approximate surface area is 61.1 Å². The minimum Gasteiger partial charge on any atom is -0.353 e. The van der Waals surface area contributed by atoms with Gasteiger partial charge in [0.2, 0.25) is 0 Å². The Balaban J connectivity index is 0.000000640. The van der Waals surface area contributed by atoms with E-state index >= 15 is 0 Å². The van der Waals surface area contributed by atoms with Gasteiger partial charge in [0.25, 0.3) is 0 Å². The van der Waals surface area contributed by atoms with Gasteiger partial charge in [-0.2, -0.15) is 0 Å². The Morgan fingerprint density at radius 1 is 1.67 bits per heavy atom. The summed E-state index contributed by atoms with van der Waals surface area (Å²) in [7, 11) is 1.99. The van der Waals surface area contributed by atoms with E-state index in [0.29, 0.717) is 6.54 Å². The molecule has 0 spiro atoms. The third kappa shape index (κ3) is 1.73. The number of aromatic nitrogens is 1. The van der Waals surface area contributed by atoms with Gasteiger partial charge in [-0.25, -0.2) is 0 Å². The van der Waals surface area contributed by atoms with Crippen molar-refractivity contribution in [2.75, 3.05) is 0 Å². The molecule has 9 heavy (non-hydrogen) atoms. The molecule has 2 nitrogen and oxygen atoms in total. The van der Waals surface area contributed by atoms with Crippen molar-refractivity contribution in [3.63, 3.8) is 0 Å². The quantitative estimate of drug-likeness (QED) is 0.627. The molecule has 0 aliphatic rings. The second-order valence-electron chi connectivity index (χ2n) is 1.81. The molecule has 52 valence electrons. The molecular formula is C6H11ClN2. The number of rotatable bonds is 1. The third-order valence-electron chi connectivity index (χ3n) is 1.26. The van der Waals surface area contributed by atoms with Crippen LogP contribution in [-0.2, 0) is 13.6 Å². The summed E-state index contributed by atoms with van der Waals surface area (Å²) in [6.07, 6.45) is 1.99. The summed E-state index contributed by atoms with van der Waals surface area (Å²) in [5.74, 6) is 0. The van der Waals surface area contributed by atoms with Gasteiger partial charge in [0.05, 0.1) is 0 Å². The van der Waals surface area contributed by atoms with Gasteiger partial charge in [0.15, 0.2) is 0 Å². The lowest BCUT2D eigenvalue weighted by Gasteiger charge is -1.95. The summed E-state index contributed by atoms with van der Waals surface area (Å²) in [6, 6.07) is 4.00. The smallest absolute Gasteiger partial charge is 0.0334 e. The van der Waals surface area contributed by atoms with Crippen molar-refractivity contribution in [3.8, 4) is 0 Å². The first-order valence-electron chi connectivity index (χ1n) is 2.65. The first-order valence-corrected chi connectivity index (χ1v) is 2.65. The largest absolute Gasteiger partial charge is 0.353 e. The van der Waals surface area contributed by atoms with Crippen molar-refractivity contribution in [2.45, 2.75) is 6.54 Å². The van der Waals surface area contributed by atoms with Gasteiger partial charge in [-0.3, -0.25) is 0 Å². The minimum atomic E-state index is 0. The second kappa shape index (κ2) is 3.54. The maximum Gasteiger partial charge on any atom is 0.0334 e. The van der Waals surface area contributed by atoms with Crippen LogP contribution in [-0.4, -0.2) is 4.57 Å². The molecule has 0 aromatic carbocycles. The Kier molecular flexibility index (Phi) is 3.35. The maximum absolute atomic E-state index is 5.37. The van der Waals surface area contributed by atoms with Crippen molar-refractivity contribution < 1.29 is 0 Å². The highest BCUT2D eigenvalue weighted by molar-refractivity contribution is 5.85. The SMILES string of the molecule is Cl.Cn1cccc1CN. The average molecular weight is 147 g/mol. The maximum atomic E-state index is 5.37. The molecule has 0 atom stereocenters. The molecular weight excluding hydrogens is 136 g/mol. The van der Waals surface area contributed by atoms with Crippen LogP contribution in [0, 0.1) is 0 Å². The second-order valence-corrected chi connectivity index (χ2v) is 1.81. The molecule has 0 aliphatic heterocycles. The molecule has 1 heterocycles. The van der Waals surface area contributed by atoms with Crippen LogP contribution in [0.3, 0.4) is 0 Å². The van der Waals surface area contributed by atoms with Gasteiger partial charge in [0.1, 0.15) is 0 Å². The summed E-state index contributed by atoms with van der Waals surface area (Å²) in [4.78, 5) is 0. The van der Waals surface area contributed by atoms with Crippen molar-refractivity contribution in [1.82, 2.24) is 4.57 Å². The standard InChI is InChI=1S/C6H10N2.ClH/c1-8-4-2-3-6(8)5-7;/h2-4H,5,7H2,1H3;1H. The van der Waals surface area contributed by atoms with Crippen LogP contribution >= 0.6 is 12.4 Å². The van der Waals surface area contributed by atoms with Crippen LogP contribution in [0.25, 0.3) is 0 Å². The molecule has 0 aliphatic carbocycles. The van der Waals surface area contributed by atoms with Crippen molar-refractivity contribution in [1.29, 1.82) is 0 Å². The monoisotopic (exact) mass is 146 g/mol. The lowest BCUT2D eigenvalue weighted by atomic mass is 10.4. The third-order valence-corrected chi connectivity index (χ3v) is 1.26. The first kappa shape index (κ1) is 8.53. The molecule has 1 aromatic heterocycles. The van der Waals surface area contributed by atoms with E-state index in [1.165, 1.54) is 5.69 Å². The summed E-state index contributed by atoms with van der Waals surface area (Å²) >= 11 is 0. The molecule has 0 fully saturated rings. The van der Waals surface area contributed by atoms with Crippen LogP contribution < -0.4 is 5.73 Å². The zero-order valence-corrected chi connectivity index (χ0v) is 6.19. The van der Waals surface area contributed by atoms with Crippen LogP contribution in [0.5, 0.6) is 0 Å². The highest BCUT2D eigenvalue weighted by atomic mass is 35.5. The predicted molar refractivity (Wildman–Crippen MR) is 40.6 cm³/mol. The van der Waals surface area contributed by atoms with E-state index in [-0.39, 0.29) is 12.4 Å². The van der Waals surface area contributed by atoms with E-state index in [4.69, 9.17) is 5.73 Å². The first-order chi connectivity index (χ1) is 3.84. The molecule has 3 heteroatoms. The molecule has 0 saturated carbocycles. The summed E-state index contributed by atoms with van der Waals surface area (Å²) in [5.41, 5.74) is 6.55. The highest BCUT2D eigenvalue weighted by Crippen LogP contribution is 1.95. The van der Waals surface area contributed by atoms with Crippen LogP contribution in [0.15, 0.2) is 18.3 Å². The van der Waals surface area contributed by atoms with E-state index in [9.17, 15) is 0 Å². The average Bonchev–Trinajstić information content (AvgIpc) is 2.14. The van der Waals surface area contributed by atoms with Crippen LogP contribution in [0.4, 0.5) is 0 Å². The van der Waals surface area contributed by atoms with Gasteiger partial charge < -0.3 is 10.3 Å². The fourth-order valence-electron chi connectivity index (χ4n) is 0.709. The van der Waals surface area contributed by atoms with Crippen molar-refractivity contribution >= 4 is 12.4 Å². The van der Waals surface area contributed by atoms with Gasteiger partial charge in [0, 0.05) is 25.5 Å². The summed E-state index contributed by atoms with van der Waals surface area (Å²) in [5, 5.41) is 0. The van der Waals surface area contributed by atoms with Crippen LogP contribution in [0.1, 0.15) is 5.69 Å². The normalized spacial score (nSPS) is 8.67. The molecule has 0 unspecified atom stereocenters. The molecule has 0 bridgehead atoms. The van der Waals surface area contributed by atoms with E-state index in [2.05, 4.69) is 0 Å². The molecule has 0 amide bonds. The molecule has 2 N–H and O–H groups in total. The summed E-state index contributed by atoms with van der Waals surface area (Å²) < 4.78 is 2.01. The number of hydrogen-bond acceptors (Lipinski definition) is 1. The van der Waals surface area contributed by atoms with Gasteiger partial charge in [-0.1, -0.05) is 0 Å². The number of aryl methyl sites for hydroxylation is 1. The van der Waals surface area contributed by atoms with E-state index in [0.717, 1.165) is 0 Å². The minimum absolute atomic E-state index is 0. The molecule has 0 saturated heterocycles. The Morgan fingerprint density at radius 2 is 2.33 bits per heavy atom. The molecule has 1 rings (SSSR count). The summed E-state index contributed by atoms with van der Waals surface area (Å²) in [6.45, 7) is 0.628. The van der Waals surface area contributed by atoms with Gasteiger partial charge >= 0.3 is 0 Å². The van der Waals surface area contributed by atoms with E-state index < -0.39 is 0 Å². The molecule has 0 radical (unpaired) electrons. The predicted octanol–water partition coefficient (Wildman–Crippen LogP) is 0.906. The number of hydrogen-bond donors (Lipinski definition) is 1. The number of nitrogens with two attached hydrogens (primary N) is 1. The van der Waals surface area contributed by atoms with Crippen molar-refractivity contribution in [3.05, 3.63) is 24.0 Å². The van der Waals surface area contributed by atoms with Gasteiger partial charge in [-0.05, 0) is 12.1 Å². The van der Waals surface area contributed by atoms with E-state index in [1.54, 1.807) is 0 Å².